The highest BCUT2D eigenvalue weighted by molar-refractivity contribution is 7.85. The van der Waals surface area contributed by atoms with E-state index < -0.39 is 21.5 Å². The van der Waals surface area contributed by atoms with Gasteiger partial charge in [-0.25, -0.2) is 4.79 Å². The van der Waals surface area contributed by atoms with Crippen LogP contribution in [0.4, 0.5) is 0 Å². The second kappa shape index (κ2) is 12.9. The van der Waals surface area contributed by atoms with Crippen LogP contribution >= 0.6 is 0 Å². The standard InChI is InChI=1S/C36H44O5S/c37-35(41-36(42(38,39)40)30-21-20-26-14-10-11-19-29(26)22-30)34-32(27-15-6-2-7-16-27)23-31(25-12-4-1-5-13-25)24-33(34)28-17-8-3-9-18-28/h10-11,14,19-25,27-28,36H,1-9,12-13,15-18H2,(H,38,39,40). The molecule has 3 saturated carbocycles. The molecule has 5 nitrogen and oxygen atoms in total. The average Bonchev–Trinajstić information content (AvgIpc) is 3.03. The van der Waals surface area contributed by atoms with Crippen molar-refractivity contribution in [2.24, 2.45) is 0 Å². The van der Waals surface area contributed by atoms with Gasteiger partial charge in [0.2, 0.25) is 0 Å². The SMILES string of the molecule is O=C(OC(c1ccc2ccccc2c1)S(=O)(=O)O)c1c(C2CCCCC2)cc(C2CCCCC2)cc1C1CCCCC1. The first kappa shape index (κ1) is 29.4. The van der Waals surface area contributed by atoms with Crippen molar-refractivity contribution in [3.63, 3.8) is 0 Å². The molecule has 1 atom stereocenters. The van der Waals surface area contributed by atoms with Gasteiger partial charge >= 0.3 is 16.1 Å². The van der Waals surface area contributed by atoms with Crippen LogP contribution in [-0.4, -0.2) is 18.9 Å². The Morgan fingerprint density at radius 2 is 1.17 bits per heavy atom. The summed E-state index contributed by atoms with van der Waals surface area (Å²) in [6.07, 6.45) is 17.2. The molecule has 6 rings (SSSR count). The third-order valence-corrected chi connectivity index (χ3v) is 11.0. The Morgan fingerprint density at radius 3 is 1.69 bits per heavy atom. The zero-order valence-corrected chi connectivity index (χ0v) is 25.4. The van der Waals surface area contributed by atoms with Crippen molar-refractivity contribution in [3.05, 3.63) is 82.4 Å². The Labute approximate surface area is 250 Å². The van der Waals surface area contributed by atoms with Gasteiger partial charge in [-0.2, -0.15) is 8.42 Å². The zero-order valence-electron chi connectivity index (χ0n) is 24.6. The number of carbonyl (C=O) groups is 1. The molecule has 3 aliphatic rings. The molecule has 3 aromatic rings. The molecule has 0 saturated heterocycles. The molecule has 0 aromatic heterocycles. The lowest BCUT2D eigenvalue weighted by atomic mass is 9.73. The molecule has 0 spiro atoms. The van der Waals surface area contributed by atoms with Crippen LogP contribution < -0.4 is 0 Å². The van der Waals surface area contributed by atoms with Gasteiger partial charge in [-0.05, 0) is 89.8 Å². The van der Waals surface area contributed by atoms with Crippen LogP contribution in [0.2, 0.25) is 0 Å². The highest BCUT2D eigenvalue weighted by atomic mass is 32.2. The van der Waals surface area contributed by atoms with Crippen LogP contribution in [0, 0.1) is 0 Å². The second-order valence-corrected chi connectivity index (χ2v) is 14.4. The molecule has 6 heteroatoms. The Bertz CT molecular complexity index is 1470. The molecule has 0 bridgehead atoms. The molecule has 3 aromatic carbocycles. The Balaban J connectivity index is 1.45. The maximum absolute atomic E-state index is 14.4. The molecule has 0 amide bonds. The highest BCUT2D eigenvalue weighted by Gasteiger charge is 2.35. The summed E-state index contributed by atoms with van der Waals surface area (Å²) in [5, 5.41) is 1.77. The number of benzene rings is 3. The Morgan fingerprint density at radius 1 is 0.667 bits per heavy atom. The number of rotatable bonds is 7. The maximum atomic E-state index is 14.4. The van der Waals surface area contributed by atoms with Gasteiger partial charge < -0.3 is 4.74 Å². The number of ether oxygens (including phenoxy) is 1. The van der Waals surface area contributed by atoms with E-state index in [-0.39, 0.29) is 17.4 Å². The quantitative estimate of drug-likeness (QED) is 0.219. The van der Waals surface area contributed by atoms with E-state index in [0.29, 0.717) is 11.5 Å². The molecule has 42 heavy (non-hydrogen) atoms. The lowest BCUT2D eigenvalue weighted by Crippen LogP contribution is -2.24. The van der Waals surface area contributed by atoms with E-state index in [0.717, 1.165) is 73.3 Å². The largest absolute Gasteiger partial charge is 0.435 e. The van der Waals surface area contributed by atoms with Gasteiger partial charge in [0.05, 0.1) is 5.56 Å². The molecule has 224 valence electrons. The molecule has 1 unspecified atom stereocenters. The molecule has 0 aliphatic heterocycles. The van der Waals surface area contributed by atoms with Crippen LogP contribution in [0.5, 0.6) is 0 Å². The van der Waals surface area contributed by atoms with Crippen molar-refractivity contribution in [1.29, 1.82) is 0 Å². The van der Waals surface area contributed by atoms with Crippen molar-refractivity contribution in [2.75, 3.05) is 0 Å². The summed E-state index contributed by atoms with van der Waals surface area (Å²) in [6.45, 7) is 0. The zero-order chi connectivity index (χ0) is 29.1. The summed E-state index contributed by atoms with van der Waals surface area (Å²) >= 11 is 0. The predicted octanol–water partition coefficient (Wildman–Crippen LogP) is 9.73. The first-order valence-corrected chi connectivity index (χ1v) is 17.7. The molecule has 3 fully saturated rings. The van der Waals surface area contributed by atoms with Crippen LogP contribution in [0.15, 0.2) is 54.6 Å². The highest BCUT2D eigenvalue weighted by Crippen LogP contribution is 2.45. The topological polar surface area (TPSA) is 80.7 Å². The molecular formula is C36H44O5S. The summed E-state index contributed by atoms with van der Waals surface area (Å²) < 4.78 is 41.7. The van der Waals surface area contributed by atoms with Crippen molar-refractivity contribution < 1.29 is 22.5 Å². The fraction of sp³-hybridized carbons (Fsp3) is 0.528. The predicted molar refractivity (Wildman–Crippen MR) is 168 cm³/mol. The van der Waals surface area contributed by atoms with Crippen molar-refractivity contribution >= 4 is 26.9 Å². The smallest absolute Gasteiger partial charge is 0.340 e. The van der Waals surface area contributed by atoms with Gasteiger partial charge in [0, 0.05) is 5.56 Å². The second-order valence-electron chi connectivity index (χ2n) is 12.9. The molecule has 0 heterocycles. The lowest BCUT2D eigenvalue weighted by molar-refractivity contribution is 0.0423. The van der Waals surface area contributed by atoms with E-state index in [1.807, 2.05) is 24.3 Å². The Hall–Kier alpha value is -2.70. The first-order chi connectivity index (χ1) is 20.4. The summed E-state index contributed by atoms with van der Waals surface area (Å²) in [4.78, 5) is 14.4. The molecule has 0 radical (unpaired) electrons. The number of hydrogen-bond acceptors (Lipinski definition) is 4. The molecule has 3 aliphatic carbocycles. The summed E-state index contributed by atoms with van der Waals surface area (Å²) in [5.74, 6) is 0.410. The van der Waals surface area contributed by atoms with E-state index in [1.54, 1.807) is 18.2 Å². The van der Waals surface area contributed by atoms with E-state index >= 15 is 0 Å². The number of carbonyl (C=O) groups excluding carboxylic acids is 1. The Kier molecular flexibility index (Phi) is 9.01. The number of fused-ring (bicyclic) bond motifs is 1. The lowest BCUT2D eigenvalue weighted by Gasteiger charge is -2.32. The van der Waals surface area contributed by atoms with E-state index in [9.17, 15) is 17.8 Å². The fourth-order valence-corrected chi connectivity index (χ4v) is 8.60. The summed E-state index contributed by atoms with van der Waals surface area (Å²) in [6, 6.07) is 17.3. The first-order valence-electron chi connectivity index (χ1n) is 16.2. The maximum Gasteiger partial charge on any atom is 0.340 e. The van der Waals surface area contributed by atoms with Crippen LogP contribution in [0.3, 0.4) is 0 Å². The third kappa shape index (κ3) is 6.45. The van der Waals surface area contributed by atoms with Gasteiger partial charge in [0.25, 0.3) is 5.44 Å². The van der Waals surface area contributed by atoms with E-state index in [1.165, 1.54) is 50.5 Å². The number of esters is 1. The minimum absolute atomic E-state index is 0.252. The average molecular weight is 589 g/mol. The van der Waals surface area contributed by atoms with Gasteiger partial charge in [-0.3, -0.25) is 4.55 Å². The van der Waals surface area contributed by atoms with Gasteiger partial charge in [0.1, 0.15) is 0 Å². The van der Waals surface area contributed by atoms with Crippen molar-refractivity contribution in [2.45, 2.75) is 120 Å². The van der Waals surface area contributed by atoms with Crippen LogP contribution in [-0.2, 0) is 14.9 Å². The van der Waals surface area contributed by atoms with Crippen LogP contribution in [0.25, 0.3) is 10.8 Å². The van der Waals surface area contributed by atoms with Gasteiger partial charge in [-0.15, -0.1) is 0 Å². The van der Waals surface area contributed by atoms with Gasteiger partial charge in [-0.1, -0.05) is 106 Å². The van der Waals surface area contributed by atoms with E-state index in [2.05, 4.69) is 12.1 Å². The normalized spacial score (nSPS) is 20.4. The van der Waals surface area contributed by atoms with E-state index in [4.69, 9.17) is 4.74 Å². The van der Waals surface area contributed by atoms with Crippen molar-refractivity contribution in [3.8, 4) is 0 Å². The van der Waals surface area contributed by atoms with Gasteiger partial charge in [0.15, 0.2) is 0 Å². The molecular weight excluding hydrogens is 544 g/mol. The summed E-state index contributed by atoms with van der Waals surface area (Å²) in [5.41, 5.74) is 2.50. The minimum atomic E-state index is -4.73. The minimum Gasteiger partial charge on any atom is -0.435 e. The fourth-order valence-electron chi connectivity index (χ4n) is 7.90. The molecule has 1 N–H and O–H groups in total. The third-order valence-electron chi connectivity index (χ3n) is 10.1. The van der Waals surface area contributed by atoms with Crippen LogP contribution in [0.1, 0.15) is 152 Å². The van der Waals surface area contributed by atoms with Crippen molar-refractivity contribution in [1.82, 2.24) is 0 Å². The summed E-state index contributed by atoms with van der Waals surface area (Å²) in [7, 11) is -4.73. The monoisotopic (exact) mass is 588 g/mol. The number of hydrogen-bond donors (Lipinski definition) is 1.